The maximum atomic E-state index is 11.3. The highest BCUT2D eigenvalue weighted by Gasteiger charge is 2.14. The molecule has 0 aromatic heterocycles. The van der Waals surface area contributed by atoms with Crippen LogP contribution in [-0.4, -0.2) is 29.9 Å². The zero-order valence-corrected chi connectivity index (χ0v) is 8.62. The number of hydrogen-bond acceptors (Lipinski definition) is 3. The van der Waals surface area contributed by atoms with E-state index in [1.54, 1.807) is 6.08 Å². The highest BCUT2D eigenvalue weighted by molar-refractivity contribution is 5.93. The van der Waals surface area contributed by atoms with Gasteiger partial charge in [0.1, 0.15) is 0 Å². The van der Waals surface area contributed by atoms with Crippen LogP contribution in [0.3, 0.4) is 0 Å². The summed E-state index contributed by atoms with van der Waals surface area (Å²) in [5, 5.41) is 2.48. The fourth-order valence-electron chi connectivity index (χ4n) is 0.857. The molecule has 0 heterocycles. The van der Waals surface area contributed by atoms with Gasteiger partial charge in [0, 0.05) is 26.2 Å². The van der Waals surface area contributed by atoms with Crippen molar-refractivity contribution in [2.45, 2.75) is 20.3 Å². The van der Waals surface area contributed by atoms with E-state index >= 15 is 0 Å². The molecule has 0 rings (SSSR count). The molecule has 0 radical (unpaired) electrons. The molecule has 0 unspecified atom stereocenters. The van der Waals surface area contributed by atoms with Crippen LogP contribution in [0.15, 0.2) is 12.3 Å². The van der Waals surface area contributed by atoms with Crippen LogP contribution in [0.1, 0.15) is 20.3 Å². The minimum Gasteiger partial charge on any atom is -0.329 e. The highest BCUT2D eigenvalue weighted by atomic mass is 16.2. The molecule has 0 saturated carbocycles. The molecule has 5 nitrogen and oxygen atoms in total. The summed E-state index contributed by atoms with van der Waals surface area (Å²) in [5.74, 6) is -0.308. The second kappa shape index (κ2) is 7.08. The van der Waals surface area contributed by atoms with Gasteiger partial charge >= 0.3 is 6.03 Å². The first-order valence-electron chi connectivity index (χ1n) is 4.57. The molecule has 0 spiro atoms. The molecule has 0 aliphatic carbocycles. The minimum atomic E-state index is -0.437. The molecule has 3 N–H and O–H groups in total. The fraction of sp³-hybridized carbons (Fsp3) is 0.556. The topological polar surface area (TPSA) is 75.4 Å². The number of imide groups is 1. The zero-order valence-electron chi connectivity index (χ0n) is 8.62. The summed E-state index contributed by atoms with van der Waals surface area (Å²) in [5.41, 5.74) is 5.27. The Bertz CT molecular complexity index is 226. The Kier molecular flexibility index (Phi) is 6.39. The number of nitrogens with zero attached hydrogens (tertiary/aromatic N) is 1. The molecule has 0 saturated heterocycles. The van der Waals surface area contributed by atoms with Gasteiger partial charge in [-0.1, -0.05) is 13.0 Å². The van der Waals surface area contributed by atoms with Crippen molar-refractivity contribution < 1.29 is 9.59 Å². The monoisotopic (exact) mass is 199 g/mol. The van der Waals surface area contributed by atoms with Crippen molar-refractivity contribution in [3.05, 3.63) is 12.3 Å². The SMILES string of the molecule is CC/C=C/NC(=O)N(CCN)C(C)=O. The quantitative estimate of drug-likeness (QED) is 0.689. The summed E-state index contributed by atoms with van der Waals surface area (Å²) >= 11 is 0. The van der Waals surface area contributed by atoms with Gasteiger partial charge in [-0.05, 0) is 6.42 Å². The van der Waals surface area contributed by atoms with E-state index in [4.69, 9.17) is 5.73 Å². The van der Waals surface area contributed by atoms with Crippen molar-refractivity contribution in [3.63, 3.8) is 0 Å². The molecule has 14 heavy (non-hydrogen) atoms. The van der Waals surface area contributed by atoms with Gasteiger partial charge in [-0.15, -0.1) is 0 Å². The highest BCUT2D eigenvalue weighted by Crippen LogP contribution is 1.90. The number of carbonyl (C=O) groups is 2. The second-order valence-corrected chi connectivity index (χ2v) is 2.72. The molecular weight excluding hydrogens is 182 g/mol. The van der Waals surface area contributed by atoms with Gasteiger partial charge in [0.2, 0.25) is 5.91 Å². The minimum absolute atomic E-state index is 0.237. The summed E-state index contributed by atoms with van der Waals surface area (Å²) in [4.78, 5) is 23.4. The van der Waals surface area contributed by atoms with Gasteiger partial charge < -0.3 is 11.1 Å². The summed E-state index contributed by atoms with van der Waals surface area (Å²) in [7, 11) is 0. The Hall–Kier alpha value is -1.36. The predicted molar refractivity (Wildman–Crippen MR) is 54.4 cm³/mol. The molecule has 5 heteroatoms. The average molecular weight is 199 g/mol. The Morgan fingerprint density at radius 2 is 2.14 bits per heavy atom. The number of amides is 3. The van der Waals surface area contributed by atoms with Crippen LogP contribution in [0.5, 0.6) is 0 Å². The van der Waals surface area contributed by atoms with Crippen molar-refractivity contribution in [2.24, 2.45) is 5.73 Å². The van der Waals surface area contributed by atoms with E-state index in [1.165, 1.54) is 13.1 Å². The number of carbonyl (C=O) groups excluding carboxylic acids is 2. The number of nitrogens with one attached hydrogen (secondary N) is 1. The number of urea groups is 1. The zero-order chi connectivity index (χ0) is 11.0. The maximum Gasteiger partial charge on any atom is 0.328 e. The molecule has 0 fully saturated rings. The van der Waals surface area contributed by atoms with Gasteiger partial charge in [0.15, 0.2) is 0 Å². The molecule has 80 valence electrons. The molecule has 0 aliphatic rings. The van der Waals surface area contributed by atoms with Crippen LogP contribution >= 0.6 is 0 Å². The van der Waals surface area contributed by atoms with E-state index in [9.17, 15) is 9.59 Å². The van der Waals surface area contributed by atoms with E-state index in [2.05, 4.69) is 5.32 Å². The van der Waals surface area contributed by atoms with E-state index < -0.39 is 6.03 Å². The van der Waals surface area contributed by atoms with E-state index in [0.29, 0.717) is 0 Å². The lowest BCUT2D eigenvalue weighted by molar-refractivity contribution is -0.125. The fourth-order valence-corrected chi connectivity index (χ4v) is 0.857. The third-order valence-electron chi connectivity index (χ3n) is 1.54. The smallest absolute Gasteiger partial charge is 0.328 e. The molecule has 0 bridgehead atoms. The summed E-state index contributed by atoms with van der Waals surface area (Å²) < 4.78 is 0. The Labute approximate surface area is 83.9 Å². The second-order valence-electron chi connectivity index (χ2n) is 2.72. The van der Waals surface area contributed by atoms with Gasteiger partial charge in [0.05, 0.1) is 0 Å². The first-order valence-corrected chi connectivity index (χ1v) is 4.57. The van der Waals surface area contributed by atoms with E-state index in [0.717, 1.165) is 11.3 Å². The van der Waals surface area contributed by atoms with Crippen LogP contribution in [-0.2, 0) is 4.79 Å². The Morgan fingerprint density at radius 3 is 2.57 bits per heavy atom. The van der Waals surface area contributed by atoms with Crippen molar-refractivity contribution >= 4 is 11.9 Å². The first-order chi connectivity index (χ1) is 6.63. The van der Waals surface area contributed by atoms with E-state index in [-0.39, 0.29) is 19.0 Å². The lowest BCUT2D eigenvalue weighted by Crippen LogP contribution is -2.43. The van der Waals surface area contributed by atoms with Gasteiger partial charge in [-0.2, -0.15) is 0 Å². The van der Waals surface area contributed by atoms with Crippen LogP contribution in [0, 0.1) is 0 Å². The molecule has 0 aromatic carbocycles. The summed E-state index contributed by atoms with van der Waals surface area (Å²) in [6.45, 7) is 3.79. The lowest BCUT2D eigenvalue weighted by atomic mass is 10.4. The van der Waals surface area contributed by atoms with Crippen molar-refractivity contribution in [1.82, 2.24) is 10.2 Å². The van der Waals surface area contributed by atoms with Crippen molar-refractivity contribution in [2.75, 3.05) is 13.1 Å². The number of allylic oxidation sites excluding steroid dienone is 1. The van der Waals surface area contributed by atoms with Gasteiger partial charge in [0.25, 0.3) is 0 Å². The van der Waals surface area contributed by atoms with Crippen LogP contribution in [0.4, 0.5) is 4.79 Å². The maximum absolute atomic E-state index is 11.3. The van der Waals surface area contributed by atoms with Crippen LogP contribution in [0.2, 0.25) is 0 Å². The molecule has 3 amide bonds. The first kappa shape index (κ1) is 12.6. The third kappa shape index (κ3) is 4.61. The summed E-state index contributed by atoms with van der Waals surface area (Å²) in [6.07, 6.45) is 4.14. The number of rotatable bonds is 4. The molecular formula is C9H17N3O2. The average Bonchev–Trinajstić information content (AvgIpc) is 2.13. The Balaban J connectivity index is 4.15. The Morgan fingerprint density at radius 1 is 1.50 bits per heavy atom. The van der Waals surface area contributed by atoms with Gasteiger partial charge in [-0.3, -0.25) is 9.69 Å². The predicted octanol–water partition coefficient (Wildman–Crippen LogP) is 0.427. The third-order valence-corrected chi connectivity index (χ3v) is 1.54. The van der Waals surface area contributed by atoms with E-state index in [1.807, 2.05) is 6.92 Å². The number of hydrogen-bond donors (Lipinski definition) is 2. The largest absolute Gasteiger partial charge is 0.329 e. The lowest BCUT2D eigenvalue weighted by Gasteiger charge is -2.17. The molecule has 0 aromatic rings. The number of nitrogens with two attached hydrogens (primary N) is 1. The van der Waals surface area contributed by atoms with Gasteiger partial charge in [-0.25, -0.2) is 4.79 Å². The van der Waals surface area contributed by atoms with Crippen molar-refractivity contribution in [3.8, 4) is 0 Å². The van der Waals surface area contributed by atoms with Crippen LogP contribution < -0.4 is 11.1 Å². The van der Waals surface area contributed by atoms with Crippen molar-refractivity contribution in [1.29, 1.82) is 0 Å². The van der Waals surface area contributed by atoms with Crippen LogP contribution in [0.25, 0.3) is 0 Å². The summed E-state index contributed by atoms with van der Waals surface area (Å²) in [6, 6.07) is -0.437. The standard InChI is InChI=1S/C9H17N3O2/c1-3-4-6-11-9(14)12(7-5-10)8(2)13/h4,6H,3,5,7,10H2,1-2H3,(H,11,14)/b6-4+. The normalized spacial score (nSPS) is 10.2. The molecule has 0 atom stereocenters. The molecule has 0 aliphatic heterocycles.